The maximum atomic E-state index is 13.2. The highest BCUT2D eigenvalue weighted by Crippen LogP contribution is 2.55. The van der Waals surface area contributed by atoms with E-state index in [1.807, 2.05) is 42.5 Å². The van der Waals surface area contributed by atoms with Crippen LogP contribution in [0.5, 0.6) is 0 Å². The van der Waals surface area contributed by atoms with Crippen molar-refractivity contribution in [3.8, 4) is 11.3 Å². The number of carbonyl (C=O) groups is 1. The fraction of sp³-hybridized carbons (Fsp3) is 0.400. The molecule has 0 atom stereocenters. The Hall–Kier alpha value is -2.75. The van der Waals surface area contributed by atoms with Gasteiger partial charge >= 0.3 is 0 Å². The van der Waals surface area contributed by atoms with Gasteiger partial charge in [-0.3, -0.25) is 9.78 Å². The molecule has 7 rings (SSSR count). The topological polar surface area (TPSA) is 54.9 Å². The molecule has 0 saturated heterocycles. The Morgan fingerprint density at radius 2 is 1.62 bits per heavy atom. The zero-order valence-corrected chi connectivity index (χ0v) is 16.5. The van der Waals surface area contributed by atoms with Crippen LogP contribution in [-0.2, 0) is 0 Å². The molecule has 3 aromatic rings. The van der Waals surface area contributed by atoms with E-state index >= 15 is 0 Å². The number of aromatic nitrogens is 2. The molecule has 4 bridgehead atoms. The summed E-state index contributed by atoms with van der Waals surface area (Å²) >= 11 is 0. The molecule has 0 radical (unpaired) electrons. The summed E-state index contributed by atoms with van der Waals surface area (Å²) in [6, 6.07) is 15.8. The molecule has 1 aromatic carbocycles. The molecule has 1 N–H and O–H groups in total. The first-order valence-corrected chi connectivity index (χ1v) is 10.8. The van der Waals surface area contributed by atoms with Crippen LogP contribution in [0.3, 0.4) is 0 Å². The van der Waals surface area contributed by atoms with Crippen LogP contribution in [-0.4, -0.2) is 21.4 Å². The lowest BCUT2D eigenvalue weighted by atomic mass is 9.53. The lowest BCUT2D eigenvalue weighted by Crippen LogP contribution is -2.59. The second-order valence-electron chi connectivity index (χ2n) is 9.44. The number of hydrogen-bond donors (Lipinski definition) is 1. The predicted molar refractivity (Wildman–Crippen MR) is 113 cm³/mol. The van der Waals surface area contributed by atoms with E-state index in [0.29, 0.717) is 5.69 Å². The highest BCUT2D eigenvalue weighted by molar-refractivity contribution is 5.96. The van der Waals surface area contributed by atoms with Gasteiger partial charge in [0.1, 0.15) is 5.69 Å². The zero-order valence-electron chi connectivity index (χ0n) is 16.5. The molecule has 29 heavy (non-hydrogen) atoms. The summed E-state index contributed by atoms with van der Waals surface area (Å²) in [5, 5.41) is 4.50. The third kappa shape index (κ3) is 2.93. The minimum absolute atomic E-state index is 0.00683. The molecular weight excluding hydrogens is 358 g/mol. The van der Waals surface area contributed by atoms with Gasteiger partial charge in [0.05, 0.1) is 11.2 Å². The summed E-state index contributed by atoms with van der Waals surface area (Å²) in [7, 11) is 0. The number of amides is 1. The van der Waals surface area contributed by atoms with Crippen LogP contribution in [0.4, 0.5) is 0 Å². The standard InChI is InChI=1S/C25H25N3O/c29-24(28-25-13-16-10-17(14-25)12-18(11-16)15-25)23-8-2-7-22(27-23)20-4-1-6-21-19(20)5-3-9-26-21/h1-9,16-18H,10-15H2,(H,28,29). The van der Waals surface area contributed by atoms with Crippen LogP contribution < -0.4 is 5.32 Å². The van der Waals surface area contributed by atoms with Crippen molar-refractivity contribution in [3.63, 3.8) is 0 Å². The molecule has 2 heterocycles. The highest BCUT2D eigenvalue weighted by atomic mass is 16.2. The summed E-state index contributed by atoms with van der Waals surface area (Å²) in [6.45, 7) is 0. The lowest BCUT2D eigenvalue weighted by Gasteiger charge is -2.56. The number of fused-ring (bicyclic) bond motifs is 1. The van der Waals surface area contributed by atoms with Crippen molar-refractivity contribution in [3.05, 3.63) is 60.4 Å². The smallest absolute Gasteiger partial charge is 0.270 e. The molecule has 0 spiro atoms. The van der Waals surface area contributed by atoms with E-state index in [2.05, 4.69) is 16.4 Å². The van der Waals surface area contributed by atoms with Gasteiger partial charge in [0, 0.05) is 22.7 Å². The molecule has 4 aliphatic rings. The van der Waals surface area contributed by atoms with Crippen molar-refractivity contribution in [1.29, 1.82) is 0 Å². The van der Waals surface area contributed by atoms with Crippen LogP contribution in [0, 0.1) is 17.8 Å². The van der Waals surface area contributed by atoms with E-state index < -0.39 is 0 Å². The van der Waals surface area contributed by atoms with Crippen molar-refractivity contribution >= 4 is 16.8 Å². The third-order valence-electron chi connectivity index (χ3n) is 7.32. The van der Waals surface area contributed by atoms with Crippen LogP contribution in [0.1, 0.15) is 49.0 Å². The molecule has 0 aliphatic heterocycles. The van der Waals surface area contributed by atoms with Gasteiger partial charge in [-0.05, 0) is 80.5 Å². The molecule has 4 fully saturated rings. The first kappa shape index (κ1) is 17.1. The number of hydrogen-bond acceptors (Lipinski definition) is 3. The molecule has 4 aliphatic carbocycles. The molecule has 2 aromatic heterocycles. The third-order valence-corrected chi connectivity index (χ3v) is 7.32. The zero-order chi connectivity index (χ0) is 19.4. The van der Waals surface area contributed by atoms with Crippen LogP contribution in [0.2, 0.25) is 0 Å². The van der Waals surface area contributed by atoms with Gasteiger partial charge in [0.25, 0.3) is 5.91 Å². The number of nitrogens with zero attached hydrogens (tertiary/aromatic N) is 2. The Bertz CT molecular complexity index is 1070. The molecule has 0 unspecified atom stereocenters. The normalized spacial score (nSPS) is 29.9. The predicted octanol–water partition coefficient (Wildman–Crippen LogP) is 5.00. The molecule has 1 amide bonds. The van der Waals surface area contributed by atoms with Crippen molar-refractivity contribution in [2.75, 3.05) is 0 Å². The van der Waals surface area contributed by atoms with Crippen molar-refractivity contribution < 1.29 is 4.79 Å². The lowest BCUT2D eigenvalue weighted by molar-refractivity contribution is -0.0167. The first-order chi connectivity index (χ1) is 14.2. The maximum Gasteiger partial charge on any atom is 0.270 e. The Kier molecular flexibility index (Phi) is 3.77. The summed E-state index contributed by atoms with van der Waals surface area (Å²) in [5.74, 6) is 2.41. The van der Waals surface area contributed by atoms with E-state index in [1.54, 1.807) is 6.20 Å². The quantitative estimate of drug-likeness (QED) is 0.693. The Morgan fingerprint density at radius 3 is 2.38 bits per heavy atom. The number of carbonyl (C=O) groups excluding carboxylic acids is 1. The average Bonchev–Trinajstić information content (AvgIpc) is 2.72. The number of pyridine rings is 2. The van der Waals surface area contributed by atoms with Crippen LogP contribution in [0.15, 0.2) is 54.7 Å². The Balaban J connectivity index is 1.31. The summed E-state index contributed by atoms with van der Waals surface area (Å²) in [4.78, 5) is 22.4. The SMILES string of the molecule is O=C(NC12CC3CC(CC(C3)C1)C2)c1cccc(-c2cccc3ncccc23)n1. The van der Waals surface area contributed by atoms with Crippen LogP contribution in [0.25, 0.3) is 22.2 Å². The summed E-state index contributed by atoms with van der Waals surface area (Å²) in [5.41, 5.74) is 3.29. The van der Waals surface area contributed by atoms with Gasteiger partial charge in [-0.15, -0.1) is 0 Å². The fourth-order valence-electron chi connectivity index (χ4n) is 6.61. The number of benzene rings is 1. The Labute approximate surface area is 170 Å². The molecule has 4 heteroatoms. The van der Waals surface area contributed by atoms with E-state index in [9.17, 15) is 4.79 Å². The van der Waals surface area contributed by atoms with Crippen molar-refractivity contribution in [2.24, 2.45) is 17.8 Å². The van der Waals surface area contributed by atoms with Crippen molar-refractivity contribution in [2.45, 2.75) is 44.1 Å². The van der Waals surface area contributed by atoms with Gasteiger partial charge in [0.2, 0.25) is 0 Å². The number of rotatable bonds is 3. The minimum atomic E-state index is -0.0211. The van der Waals surface area contributed by atoms with E-state index in [4.69, 9.17) is 4.98 Å². The number of nitrogens with one attached hydrogen (secondary N) is 1. The summed E-state index contributed by atoms with van der Waals surface area (Å²) < 4.78 is 0. The molecule has 4 saturated carbocycles. The molecule has 4 nitrogen and oxygen atoms in total. The second-order valence-corrected chi connectivity index (χ2v) is 9.44. The Morgan fingerprint density at radius 1 is 0.897 bits per heavy atom. The van der Waals surface area contributed by atoms with Crippen LogP contribution >= 0.6 is 0 Å². The van der Waals surface area contributed by atoms with Gasteiger partial charge in [0.15, 0.2) is 0 Å². The van der Waals surface area contributed by atoms with Gasteiger partial charge in [-0.25, -0.2) is 4.98 Å². The largest absolute Gasteiger partial charge is 0.345 e. The first-order valence-electron chi connectivity index (χ1n) is 10.8. The van der Waals surface area contributed by atoms with E-state index in [-0.39, 0.29) is 11.4 Å². The minimum Gasteiger partial charge on any atom is -0.345 e. The van der Waals surface area contributed by atoms with Crippen molar-refractivity contribution in [1.82, 2.24) is 15.3 Å². The van der Waals surface area contributed by atoms with E-state index in [0.717, 1.165) is 59.2 Å². The second kappa shape index (κ2) is 6.38. The fourth-order valence-corrected chi connectivity index (χ4v) is 6.61. The maximum absolute atomic E-state index is 13.2. The van der Waals surface area contributed by atoms with Gasteiger partial charge in [-0.2, -0.15) is 0 Å². The highest BCUT2D eigenvalue weighted by Gasteiger charge is 2.51. The van der Waals surface area contributed by atoms with E-state index in [1.165, 1.54) is 19.3 Å². The molecular formula is C25H25N3O. The van der Waals surface area contributed by atoms with Gasteiger partial charge in [-0.1, -0.05) is 24.3 Å². The molecule has 146 valence electrons. The monoisotopic (exact) mass is 383 g/mol. The van der Waals surface area contributed by atoms with Gasteiger partial charge < -0.3 is 5.32 Å². The summed E-state index contributed by atoms with van der Waals surface area (Å²) in [6.07, 6.45) is 9.38. The average molecular weight is 383 g/mol.